The molecule has 0 atom stereocenters. The molecule has 34 heavy (non-hydrogen) atoms. The molecular formula is C23H21BrN4O6. The third-order valence-electron chi connectivity index (χ3n) is 5.65. The molecule has 1 heterocycles. The van der Waals surface area contributed by atoms with Crippen molar-refractivity contribution in [3.05, 3.63) is 72.7 Å². The predicted octanol–water partition coefficient (Wildman–Crippen LogP) is 4.46. The zero-order valence-electron chi connectivity index (χ0n) is 18.0. The SMILES string of the molecule is O=C(O)COc1c(Br)cc(C=Nn2c(C3CCCCC3)nc3ccccc3c2=O)cc1[N+](=O)[O-]. The highest BCUT2D eigenvalue weighted by Crippen LogP contribution is 2.36. The molecule has 0 bridgehead atoms. The van der Waals surface area contributed by atoms with Crippen LogP contribution in [0.3, 0.4) is 0 Å². The van der Waals surface area contributed by atoms with Crippen LogP contribution in [0.2, 0.25) is 0 Å². The van der Waals surface area contributed by atoms with E-state index in [0.29, 0.717) is 22.3 Å². The first kappa shape index (κ1) is 23.6. The molecule has 0 aliphatic heterocycles. The summed E-state index contributed by atoms with van der Waals surface area (Å²) in [5.41, 5.74) is 0.208. The number of carbonyl (C=O) groups is 1. The minimum absolute atomic E-state index is 0.0936. The van der Waals surface area contributed by atoms with Crippen LogP contribution < -0.4 is 10.3 Å². The van der Waals surface area contributed by atoms with Gasteiger partial charge in [0.05, 0.1) is 26.5 Å². The van der Waals surface area contributed by atoms with Gasteiger partial charge in [-0.15, -0.1) is 0 Å². The van der Waals surface area contributed by atoms with E-state index in [1.54, 1.807) is 18.2 Å². The Morgan fingerprint density at radius 1 is 1.29 bits per heavy atom. The first-order valence-electron chi connectivity index (χ1n) is 10.7. The molecule has 11 heteroatoms. The second kappa shape index (κ2) is 10.1. The van der Waals surface area contributed by atoms with Crippen molar-refractivity contribution in [3.8, 4) is 5.75 Å². The molecule has 1 aliphatic rings. The maximum absolute atomic E-state index is 13.3. The maximum atomic E-state index is 13.3. The summed E-state index contributed by atoms with van der Waals surface area (Å²) in [5.74, 6) is -0.784. The Morgan fingerprint density at radius 2 is 2.03 bits per heavy atom. The Balaban J connectivity index is 1.78. The van der Waals surface area contributed by atoms with Crippen LogP contribution in [-0.2, 0) is 4.79 Å². The van der Waals surface area contributed by atoms with Crippen molar-refractivity contribution in [2.75, 3.05) is 6.61 Å². The summed E-state index contributed by atoms with van der Waals surface area (Å²) in [7, 11) is 0. The van der Waals surface area contributed by atoms with Crippen LogP contribution in [0.1, 0.15) is 49.4 Å². The van der Waals surface area contributed by atoms with E-state index >= 15 is 0 Å². The third kappa shape index (κ3) is 4.98. The van der Waals surface area contributed by atoms with E-state index in [4.69, 9.17) is 14.8 Å². The lowest BCUT2D eigenvalue weighted by atomic mass is 9.88. The van der Waals surface area contributed by atoms with Gasteiger partial charge in [0, 0.05) is 17.5 Å². The first-order valence-corrected chi connectivity index (χ1v) is 11.5. The van der Waals surface area contributed by atoms with Crippen molar-refractivity contribution in [2.45, 2.75) is 38.0 Å². The number of ether oxygens (including phenoxy) is 1. The number of nitrogens with zero attached hydrogens (tertiary/aromatic N) is 4. The number of halogens is 1. The van der Waals surface area contributed by atoms with Crippen molar-refractivity contribution in [1.82, 2.24) is 9.66 Å². The van der Waals surface area contributed by atoms with Crippen LogP contribution in [-0.4, -0.2) is 38.5 Å². The number of nitro benzene ring substituents is 1. The largest absolute Gasteiger partial charge is 0.479 e. The van der Waals surface area contributed by atoms with Crippen LogP contribution in [0.15, 0.2) is 50.8 Å². The fourth-order valence-corrected chi connectivity index (χ4v) is 4.67. The molecule has 176 valence electrons. The van der Waals surface area contributed by atoms with Gasteiger partial charge in [0.2, 0.25) is 5.75 Å². The fourth-order valence-electron chi connectivity index (χ4n) is 4.09. The van der Waals surface area contributed by atoms with Crippen LogP contribution in [0, 0.1) is 10.1 Å². The van der Waals surface area contributed by atoms with E-state index in [-0.39, 0.29) is 21.7 Å². The fraction of sp³-hybridized carbons (Fsp3) is 0.304. The normalized spacial score (nSPS) is 14.5. The van der Waals surface area contributed by atoms with Crippen molar-refractivity contribution >= 4 is 44.7 Å². The molecule has 0 saturated heterocycles. The number of aliphatic carboxylic acids is 1. The predicted molar refractivity (Wildman–Crippen MR) is 129 cm³/mol. The van der Waals surface area contributed by atoms with Gasteiger partial charge in [-0.3, -0.25) is 14.9 Å². The first-order chi connectivity index (χ1) is 16.3. The molecule has 4 rings (SSSR count). The van der Waals surface area contributed by atoms with Gasteiger partial charge in [-0.25, -0.2) is 9.78 Å². The number of aromatic nitrogens is 2. The zero-order chi connectivity index (χ0) is 24.2. The summed E-state index contributed by atoms with van der Waals surface area (Å²) in [6, 6.07) is 9.80. The monoisotopic (exact) mass is 528 g/mol. The second-order valence-electron chi connectivity index (χ2n) is 7.97. The maximum Gasteiger partial charge on any atom is 0.341 e. The molecular weight excluding hydrogens is 508 g/mol. The average molecular weight is 529 g/mol. The topological polar surface area (TPSA) is 137 Å². The molecule has 3 aromatic rings. The Kier molecular flexibility index (Phi) is 7.01. The summed E-state index contributed by atoms with van der Waals surface area (Å²) in [6.07, 6.45) is 6.41. The summed E-state index contributed by atoms with van der Waals surface area (Å²) in [5, 5.41) is 25.2. The van der Waals surface area contributed by atoms with Crippen LogP contribution in [0.25, 0.3) is 10.9 Å². The van der Waals surface area contributed by atoms with E-state index in [2.05, 4.69) is 21.0 Å². The number of hydrogen-bond acceptors (Lipinski definition) is 7. The number of carboxylic acid groups (broad SMARTS) is 1. The van der Waals surface area contributed by atoms with Crippen molar-refractivity contribution < 1.29 is 19.6 Å². The van der Waals surface area contributed by atoms with E-state index in [1.165, 1.54) is 23.0 Å². The van der Waals surface area contributed by atoms with Gasteiger partial charge in [0.25, 0.3) is 5.56 Å². The molecule has 0 amide bonds. The second-order valence-corrected chi connectivity index (χ2v) is 8.83. The minimum Gasteiger partial charge on any atom is -0.479 e. The Hall–Kier alpha value is -3.60. The molecule has 0 unspecified atom stereocenters. The molecule has 1 saturated carbocycles. The van der Waals surface area contributed by atoms with Gasteiger partial charge >= 0.3 is 11.7 Å². The van der Waals surface area contributed by atoms with Crippen LogP contribution in [0.4, 0.5) is 5.69 Å². The van der Waals surface area contributed by atoms with Gasteiger partial charge in [-0.1, -0.05) is 31.4 Å². The lowest BCUT2D eigenvalue weighted by molar-refractivity contribution is -0.385. The molecule has 1 N–H and O–H groups in total. The summed E-state index contributed by atoms with van der Waals surface area (Å²) in [6.45, 7) is -0.726. The van der Waals surface area contributed by atoms with Gasteiger partial charge in [-0.2, -0.15) is 9.78 Å². The molecule has 1 aliphatic carbocycles. The minimum atomic E-state index is -1.26. The van der Waals surface area contributed by atoms with Gasteiger partial charge in [-0.05, 0) is 47.0 Å². The highest BCUT2D eigenvalue weighted by atomic mass is 79.9. The Labute approximate surface area is 202 Å². The average Bonchev–Trinajstić information content (AvgIpc) is 2.82. The number of hydrogen-bond donors (Lipinski definition) is 1. The van der Waals surface area contributed by atoms with Crippen molar-refractivity contribution in [3.63, 3.8) is 0 Å². The molecule has 1 fully saturated rings. The molecule has 1 aromatic heterocycles. The quantitative estimate of drug-likeness (QED) is 0.271. The molecule has 0 spiro atoms. The van der Waals surface area contributed by atoms with Gasteiger partial charge < -0.3 is 9.84 Å². The Bertz CT molecular complexity index is 1350. The Morgan fingerprint density at radius 3 is 2.74 bits per heavy atom. The standard InChI is InChI=1S/C23H21BrN4O6/c24-17-10-14(11-19(28(32)33)21(17)34-13-20(29)30)12-25-27-22(15-6-2-1-3-7-15)26-18-9-5-4-8-16(18)23(27)31/h4-5,8-12,15H,1-3,6-7,13H2,(H,29,30). The lowest BCUT2D eigenvalue weighted by Gasteiger charge is -2.22. The van der Waals surface area contributed by atoms with Crippen LogP contribution >= 0.6 is 15.9 Å². The number of fused-ring (bicyclic) bond motifs is 1. The highest BCUT2D eigenvalue weighted by Gasteiger charge is 2.23. The molecule has 2 aromatic carbocycles. The zero-order valence-corrected chi connectivity index (χ0v) is 19.6. The highest BCUT2D eigenvalue weighted by molar-refractivity contribution is 9.10. The number of nitro groups is 1. The van der Waals surface area contributed by atoms with E-state index in [9.17, 15) is 19.7 Å². The number of benzene rings is 2. The molecule has 0 radical (unpaired) electrons. The third-order valence-corrected chi connectivity index (χ3v) is 6.24. The summed E-state index contributed by atoms with van der Waals surface area (Å²) >= 11 is 3.20. The van der Waals surface area contributed by atoms with Gasteiger partial charge in [0.15, 0.2) is 6.61 Å². The number of rotatable bonds is 7. The number of carboxylic acids is 1. The van der Waals surface area contributed by atoms with Crippen LogP contribution in [0.5, 0.6) is 5.75 Å². The summed E-state index contributed by atoms with van der Waals surface area (Å²) < 4.78 is 6.56. The molecule has 10 nitrogen and oxygen atoms in total. The van der Waals surface area contributed by atoms with E-state index < -0.39 is 23.2 Å². The van der Waals surface area contributed by atoms with E-state index in [1.807, 2.05) is 6.07 Å². The van der Waals surface area contributed by atoms with Crippen molar-refractivity contribution in [2.24, 2.45) is 5.10 Å². The summed E-state index contributed by atoms with van der Waals surface area (Å²) in [4.78, 5) is 39.7. The van der Waals surface area contributed by atoms with Crippen molar-refractivity contribution in [1.29, 1.82) is 0 Å². The van der Waals surface area contributed by atoms with E-state index in [0.717, 1.165) is 32.1 Å². The van der Waals surface area contributed by atoms with Gasteiger partial charge in [0.1, 0.15) is 5.82 Å². The smallest absolute Gasteiger partial charge is 0.341 e. The lowest BCUT2D eigenvalue weighted by Crippen LogP contribution is -2.25. The number of para-hydroxylation sites is 1.